The second-order valence-electron chi connectivity index (χ2n) is 3.76. The van der Waals surface area contributed by atoms with Crippen LogP contribution in [0.5, 0.6) is 0 Å². The number of sulfonamides is 1. The third-order valence-electron chi connectivity index (χ3n) is 2.45. The lowest BCUT2D eigenvalue weighted by Crippen LogP contribution is -2.37. The van der Waals surface area contributed by atoms with E-state index in [1.807, 2.05) is 0 Å². The van der Waals surface area contributed by atoms with Crippen LogP contribution in [-0.2, 0) is 10.0 Å². The molecule has 0 heterocycles. The molecule has 0 radical (unpaired) electrons. The first-order valence-electron chi connectivity index (χ1n) is 4.54. The molecule has 0 aromatic heterocycles. The molecule has 1 aliphatic carbocycles. The molecule has 0 saturated heterocycles. The van der Waals surface area contributed by atoms with E-state index >= 15 is 0 Å². The Labute approximate surface area is 84.9 Å². The first-order chi connectivity index (χ1) is 6.01. The topological polar surface area (TPSA) is 46.2 Å². The minimum atomic E-state index is -3.03. The quantitative estimate of drug-likeness (QED) is 0.737. The molecule has 0 unspecified atom stereocenters. The highest BCUT2D eigenvalue weighted by molar-refractivity contribution is 7.88. The molecule has 3 nitrogen and oxygen atoms in total. The number of rotatable bonds is 3. The van der Waals surface area contributed by atoms with Gasteiger partial charge in [-0.05, 0) is 31.6 Å². The fraction of sp³-hybridized carbons (Fsp3) is 1.00. The molecule has 0 atom stereocenters. The van der Waals surface area contributed by atoms with Gasteiger partial charge in [0, 0.05) is 11.9 Å². The van der Waals surface area contributed by atoms with Crippen molar-refractivity contribution in [2.45, 2.75) is 31.7 Å². The summed E-state index contributed by atoms with van der Waals surface area (Å²) in [6.45, 7) is 0. The Bertz CT molecular complexity index is 245. The predicted octanol–water partition coefficient (Wildman–Crippen LogP) is 1.33. The third kappa shape index (κ3) is 4.29. The predicted molar refractivity (Wildman–Crippen MR) is 54.4 cm³/mol. The molecule has 5 heteroatoms. The maximum Gasteiger partial charge on any atom is 0.208 e. The van der Waals surface area contributed by atoms with Gasteiger partial charge in [-0.15, -0.1) is 11.6 Å². The van der Waals surface area contributed by atoms with Crippen molar-refractivity contribution in [3.05, 3.63) is 0 Å². The van der Waals surface area contributed by atoms with Gasteiger partial charge in [-0.25, -0.2) is 13.1 Å². The summed E-state index contributed by atoms with van der Waals surface area (Å²) in [6, 6.07) is 0.134. The van der Waals surface area contributed by atoms with Crippen LogP contribution in [0.1, 0.15) is 25.7 Å². The Balaban J connectivity index is 2.33. The molecule has 1 fully saturated rings. The van der Waals surface area contributed by atoms with Gasteiger partial charge < -0.3 is 0 Å². The molecule has 1 N–H and O–H groups in total. The van der Waals surface area contributed by atoms with E-state index in [-0.39, 0.29) is 6.04 Å². The van der Waals surface area contributed by atoms with Gasteiger partial charge in [0.2, 0.25) is 10.0 Å². The van der Waals surface area contributed by atoms with Crippen molar-refractivity contribution in [2.24, 2.45) is 5.92 Å². The van der Waals surface area contributed by atoms with Crippen molar-refractivity contribution < 1.29 is 8.42 Å². The van der Waals surface area contributed by atoms with Crippen molar-refractivity contribution in [3.63, 3.8) is 0 Å². The van der Waals surface area contributed by atoms with Crippen molar-refractivity contribution >= 4 is 21.6 Å². The first-order valence-corrected chi connectivity index (χ1v) is 6.97. The summed E-state index contributed by atoms with van der Waals surface area (Å²) in [4.78, 5) is 0. The number of halogens is 1. The van der Waals surface area contributed by atoms with Crippen molar-refractivity contribution in [2.75, 3.05) is 12.1 Å². The minimum Gasteiger partial charge on any atom is -0.213 e. The van der Waals surface area contributed by atoms with Crippen molar-refractivity contribution in [1.29, 1.82) is 0 Å². The van der Waals surface area contributed by atoms with E-state index in [1.165, 1.54) is 6.26 Å². The summed E-state index contributed by atoms with van der Waals surface area (Å²) in [7, 11) is -3.03. The molecule has 0 bridgehead atoms. The van der Waals surface area contributed by atoms with Crippen LogP contribution >= 0.6 is 11.6 Å². The van der Waals surface area contributed by atoms with E-state index in [1.54, 1.807) is 0 Å². The van der Waals surface area contributed by atoms with E-state index in [9.17, 15) is 8.42 Å². The molecule has 0 amide bonds. The Hall–Kier alpha value is 0.200. The highest BCUT2D eigenvalue weighted by Gasteiger charge is 2.22. The van der Waals surface area contributed by atoms with Crippen molar-refractivity contribution in [1.82, 2.24) is 4.72 Å². The normalized spacial score (nSPS) is 30.3. The van der Waals surface area contributed by atoms with Gasteiger partial charge in [-0.3, -0.25) is 0 Å². The largest absolute Gasteiger partial charge is 0.213 e. The molecule has 0 spiro atoms. The number of alkyl halides is 1. The summed E-state index contributed by atoms with van der Waals surface area (Å²) < 4.78 is 24.5. The lowest BCUT2D eigenvalue weighted by atomic mass is 9.88. The van der Waals surface area contributed by atoms with Gasteiger partial charge >= 0.3 is 0 Å². The lowest BCUT2D eigenvalue weighted by molar-refractivity contribution is 0.335. The molecule has 0 aliphatic heterocycles. The van der Waals surface area contributed by atoms with E-state index in [0.29, 0.717) is 11.8 Å². The molecule has 78 valence electrons. The molecule has 1 rings (SSSR count). The van der Waals surface area contributed by atoms with E-state index in [0.717, 1.165) is 25.7 Å². The number of hydrogen-bond donors (Lipinski definition) is 1. The average Bonchev–Trinajstić information content (AvgIpc) is 2.03. The van der Waals surface area contributed by atoms with Crippen LogP contribution in [0.15, 0.2) is 0 Å². The molecule has 1 aliphatic rings. The standard InChI is InChI=1S/C8H16ClNO2S/c1-13(11,12)10-8-4-2-7(6-9)3-5-8/h7-8,10H,2-6H2,1H3. The Morgan fingerprint density at radius 2 is 1.85 bits per heavy atom. The van der Waals surface area contributed by atoms with Gasteiger partial charge in [-0.1, -0.05) is 0 Å². The first kappa shape index (κ1) is 11.3. The third-order valence-corrected chi connectivity index (χ3v) is 3.64. The van der Waals surface area contributed by atoms with Gasteiger partial charge in [0.1, 0.15) is 0 Å². The molecule has 0 aromatic rings. The van der Waals surface area contributed by atoms with Crippen LogP contribution in [0, 0.1) is 5.92 Å². The average molecular weight is 226 g/mol. The van der Waals surface area contributed by atoms with Crippen LogP contribution in [0.25, 0.3) is 0 Å². The maximum absolute atomic E-state index is 10.9. The summed E-state index contributed by atoms with van der Waals surface area (Å²) in [6.07, 6.45) is 5.13. The summed E-state index contributed by atoms with van der Waals surface area (Å²) in [5.41, 5.74) is 0. The summed E-state index contributed by atoms with van der Waals surface area (Å²) in [5, 5.41) is 0. The van der Waals surface area contributed by atoms with Crippen LogP contribution in [0.4, 0.5) is 0 Å². The van der Waals surface area contributed by atoms with Gasteiger partial charge in [0.25, 0.3) is 0 Å². The van der Waals surface area contributed by atoms with E-state index in [4.69, 9.17) is 11.6 Å². The zero-order valence-corrected chi connectivity index (χ0v) is 9.37. The van der Waals surface area contributed by atoms with E-state index < -0.39 is 10.0 Å². The lowest BCUT2D eigenvalue weighted by Gasteiger charge is -2.27. The second-order valence-corrected chi connectivity index (χ2v) is 5.85. The molecule has 13 heavy (non-hydrogen) atoms. The van der Waals surface area contributed by atoms with Gasteiger partial charge in [0.05, 0.1) is 6.26 Å². The zero-order chi connectivity index (χ0) is 9.90. The molecule has 1 saturated carbocycles. The number of hydrogen-bond acceptors (Lipinski definition) is 2. The van der Waals surface area contributed by atoms with E-state index in [2.05, 4.69) is 4.72 Å². The maximum atomic E-state index is 10.9. The van der Waals surface area contributed by atoms with Crippen LogP contribution < -0.4 is 4.72 Å². The Kier molecular flexibility index (Phi) is 4.01. The fourth-order valence-corrected chi connectivity index (χ4v) is 2.89. The van der Waals surface area contributed by atoms with Gasteiger partial charge in [0.15, 0.2) is 0 Å². The highest BCUT2D eigenvalue weighted by Crippen LogP contribution is 2.25. The van der Waals surface area contributed by atoms with Gasteiger partial charge in [-0.2, -0.15) is 0 Å². The smallest absolute Gasteiger partial charge is 0.208 e. The van der Waals surface area contributed by atoms with Crippen LogP contribution in [-0.4, -0.2) is 26.6 Å². The highest BCUT2D eigenvalue weighted by atomic mass is 35.5. The fourth-order valence-electron chi connectivity index (χ4n) is 1.74. The van der Waals surface area contributed by atoms with Crippen LogP contribution in [0.3, 0.4) is 0 Å². The minimum absolute atomic E-state index is 0.134. The number of nitrogens with one attached hydrogen (secondary N) is 1. The molecule has 0 aromatic carbocycles. The monoisotopic (exact) mass is 225 g/mol. The second kappa shape index (κ2) is 4.62. The summed E-state index contributed by atoms with van der Waals surface area (Å²) in [5.74, 6) is 1.28. The molecular weight excluding hydrogens is 210 g/mol. The summed E-state index contributed by atoms with van der Waals surface area (Å²) >= 11 is 5.72. The Morgan fingerprint density at radius 3 is 2.23 bits per heavy atom. The zero-order valence-electron chi connectivity index (χ0n) is 7.79. The SMILES string of the molecule is CS(=O)(=O)NC1CCC(CCl)CC1. The Morgan fingerprint density at radius 1 is 1.31 bits per heavy atom. The van der Waals surface area contributed by atoms with Crippen molar-refractivity contribution in [3.8, 4) is 0 Å². The molecular formula is C8H16ClNO2S. The van der Waals surface area contributed by atoms with Crippen LogP contribution in [0.2, 0.25) is 0 Å².